The van der Waals surface area contributed by atoms with Gasteiger partial charge in [0.15, 0.2) is 5.78 Å². The van der Waals surface area contributed by atoms with Crippen molar-refractivity contribution in [2.75, 3.05) is 10.6 Å². The number of ketones is 1. The summed E-state index contributed by atoms with van der Waals surface area (Å²) in [6.45, 7) is 3.72. The van der Waals surface area contributed by atoms with Crippen molar-refractivity contribution in [3.8, 4) is 0 Å². The molecular weight excluding hydrogens is 370 g/mol. The third kappa shape index (κ3) is 2.58. The number of benzene rings is 2. The topological polar surface area (TPSA) is 54.5 Å². The smallest absolute Gasteiger partial charge is 0.236 e. The van der Waals surface area contributed by atoms with Gasteiger partial charge in [-0.25, -0.2) is 12.7 Å². The maximum absolute atomic E-state index is 12.9. The van der Waals surface area contributed by atoms with Gasteiger partial charge in [0.05, 0.1) is 23.1 Å². The highest BCUT2D eigenvalue weighted by Crippen LogP contribution is 2.52. The van der Waals surface area contributed by atoms with Crippen molar-refractivity contribution in [3.05, 3.63) is 94.7 Å². The van der Waals surface area contributed by atoms with Crippen LogP contribution >= 0.6 is 0 Å². The third-order valence-corrected chi connectivity index (χ3v) is 6.70. The standard InChI is InChI=1S/C23H21NO3S/c1-16-17(2)23(14-13-21(16)25)20-12-8-7-9-18(20)15-22(23)24(28(3,26)27)19-10-5-4-6-11-19/h4-15H,1-3H3/t23-/m1/s1. The van der Waals surface area contributed by atoms with Crippen molar-refractivity contribution >= 4 is 27.6 Å². The van der Waals surface area contributed by atoms with E-state index in [9.17, 15) is 13.2 Å². The molecule has 0 aromatic heterocycles. The minimum atomic E-state index is -3.63. The summed E-state index contributed by atoms with van der Waals surface area (Å²) in [4.78, 5) is 12.3. The fourth-order valence-corrected chi connectivity index (χ4v) is 5.23. The maximum Gasteiger partial charge on any atom is 0.236 e. The van der Waals surface area contributed by atoms with Gasteiger partial charge in [0.25, 0.3) is 0 Å². The maximum atomic E-state index is 12.9. The number of rotatable bonds is 3. The van der Waals surface area contributed by atoms with E-state index >= 15 is 0 Å². The van der Waals surface area contributed by atoms with Gasteiger partial charge < -0.3 is 0 Å². The van der Waals surface area contributed by atoms with Gasteiger partial charge in [0.1, 0.15) is 0 Å². The van der Waals surface area contributed by atoms with Crippen molar-refractivity contribution in [2.45, 2.75) is 19.3 Å². The molecule has 0 saturated heterocycles. The summed E-state index contributed by atoms with van der Waals surface area (Å²) in [6, 6.07) is 16.9. The van der Waals surface area contributed by atoms with Gasteiger partial charge in [-0.1, -0.05) is 48.5 Å². The molecule has 0 aliphatic heterocycles. The number of sulfonamides is 1. The minimum absolute atomic E-state index is 0.0440. The number of para-hydroxylation sites is 1. The highest BCUT2D eigenvalue weighted by Gasteiger charge is 2.48. The van der Waals surface area contributed by atoms with Crippen molar-refractivity contribution < 1.29 is 13.2 Å². The Morgan fingerprint density at radius 3 is 2.25 bits per heavy atom. The Balaban J connectivity index is 2.06. The second-order valence-electron chi connectivity index (χ2n) is 7.24. The molecule has 0 bridgehead atoms. The average molecular weight is 391 g/mol. The summed E-state index contributed by atoms with van der Waals surface area (Å²) in [5.74, 6) is -0.0440. The Hall–Kier alpha value is -2.92. The number of carbonyl (C=O) groups excluding carboxylic acids is 1. The predicted molar refractivity (Wildman–Crippen MR) is 112 cm³/mol. The lowest BCUT2D eigenvalue weighted by atomic mass is 9.69. The number of fused-ring (bicyclic) bond motifs is 2. The normalized spacial score (nSPS) is 21.1. The van der Waals surface area contributed by atoms with Crippen molar-refractivity contribution in [1.82, 2.24) is 0 Å². The van der Waals surface area contributed by atoms with E-state index < -0.39 is 15.4 Å². The largest absolute Gasteiger partial charge is 0.290 e. The molecule has 2 aliphatic carbocycles. The first-order valence-corrected chi connectivity index (χ1v) is 10.9. The van der Waals surface area contributed by atoms with E-state index in [1.165, 1.54) is 10.6 Å². The third-order valence-electron chi connectivity index (χ3n) is 5.63. The van der Waals surface area contributed by atoms with Gasteiger partial charge in [-0.15, -0.1) is 0 Å². The lowest BCUT2D eigenvalue weighted by molar-refractivity contribution is -0.111. The molecule has 5 heteroatoms. The van der Waals surface area contributed by atoms with E-state index in [0.29, 0.717) is 17.0 Å². The first-order valence-electron chi connectivity index (χ1n) is 9.05. The first kappa shape index (κ1) is 18.4. The van der Waals surface area contributed by atoms with Crippen LogP contribution in [-0.2, 0) is 20.2 Å². The van der Waals surface area contributed by atoms with Gasteiger partial charge in [0.2, 0.25) is 10.0 Å². The van der Waals surface area contributed by atoms with Crippen LogP contribution in [0.25, 0.3) is 6.08 Å². The summed E-state index contributed by atoms with van der Waals surface area (Å²) in [5.41, 5.74) is 3.81. The zero-order valence-electron chi connectivity index (χ0n) is 16.0. The molecule has 0 fully saturated rings. The number of carbonyl (C=O) groups is 1. The fourth-order valence-electron chi connectivity index (χ4n) is 4.17. The van der Waals surface area contributed by atoms with Gasteiger partial charge in [-0.2, -0.15) is 0 Å². The quantitative estimate of drug-likeness (QED) is 0.787. The molecule has 0 saturated carbocycles. The molecule has 1 spiro atoms. The Labute approximate surface area is 165 Å². The molecule has 2 aliphatic rings. The molecule has 28 heavy (non-hydrogen) atoms. The lowest BCUT2D eigenvalue weighted by Gasteiger charge is -2.39. The minimum Gasteiger partial charge on any atom is -0.290 e. The molecule has 4 rings (SSSR count). The zero-order valence-corrected chi connectivity index (χ0v) is 16.8. The molecule has 0 radical (unpaired) electrons. The number of hydrogen-bond acceptors (Lipinski definition) is 3. The highest BCUT2D eigenvalue weighted by atomic mass is 32.2. The van der Waals surface area contributed by atoms with Crippen molar-refractivity contribution in [3.63, 3.8) is 0 Å². The van der Waals surface area contributed by atoms with E-state index in [1.54, 1.807) is 25.1 Å². The van der Waals surface area contributed by atoms with E-state index in [-0.39, 0.29) is 5.78 Å². The van der Waals surface area contributed by atoms with Crippen LogP contribution in [0.2, 0.25) is 0 Å². The molecule has 0 unspecified atom stereocenters. The first-order chi connectivity index (χ1) is 13.3. The molecule has 0 heterocycles. The molecule has 2 aromatic rings. The van der Waals surface area contributed by atoms with Gasteiger partial charge in [-0.05, 0) is 60.4 Å². The van der Waals surface area contributed by atoms with E-state index in [4.69, 9.17) is 0 Å². The second-order valence-corrected chi connectivity index (χ2v) is 9.07. The van der Waals surface area contributed by atoms with Crippen LogP contribution in [0.1, 0.15) is 25.0 Å². The number of nitrogens with zero attached hydrogens (tertiary/aromatic N) is 1. The van der Waals surface area contributed by atoms with Gasteiger partial charge in [0, 0.05) is 0 Å². The summed E-state index contributed by atoms with van der Waals surface area (Å²) in [7, 11) is -3.63. The van der Waals surface area contributed by atoms with Crippen LogP contribution < -0.4 is 4.31 Å². The van der Waals surface area contributed by atoms with Crippen LogP contribution in [0.4, 0.5) is 5.69 Å². The van der Waals surface area contributed by atoms with Crippen LogP contribution in [0.3, 0.4) is 0 Å². The van der Waals surface area contributed by atoms with Crippen molar-refractivity contribution in [2.24, 2.45) is 0 Å². The Kier molecular flexibility index (Phi) is 4.16. The summed E-state index contributed by atoms with van der Waals surface area (Å²) in [5, 5.41) is 0. The predicted octanol–water partition coefficient (Wildman–Crippen LogP) is 4.22. The summed E-state index contributed by atoms with van der Waals surface area (Å²) < 4.78 is 27.2. The molecule has 0 N–H and O–H groups in total. The second kappa shape index (κ2) is 6.31. The van der Waals surface area contributed by atoms with Crippen LogP contribution in [0.5, 0.6) is 0 Å². The summed E-state index contributed by atoms with van der Waals surface area (Å²) in [6.07, 6.45) is 6.53. The average Bonchev–Trinajstić information content (AvgIpc) is 2.98. The zero-order chi connectivity index (χ0) is 20.1. The SMILES string of the molecule is CC1=C(C)[C@@]2(C=CC1=O)C(N(c1ccccc1)S(C)(=O)=O)=Cc1ccccc12. The van der Waals surface area contributed by atoms with Gasteiger partial charge in [-0.3, -0.25) is 4.79 Å². The highest BCUT2D eigenvalue weighted by molar-refractivity contribution is 7.92. The van der Waals surface area contributed by atoms with Crippen LogP contribution in [0.15, 0.2) is 83.6 Å². The molecular formula is C23H21NO3S. The van der Waals surface area contributed by atoms with E-state index in [1.807, 2.05) is 61.5 Å². The number of hydrogen-bond donors (Lipinski definition) is 0. The molecule has 0 amide bonds. The monoisotopic (exact) mass is 391 g/mol. The number of allylic oxidation sites excluding steroid dienone is 3. The van der Waals surface area contributed by atoms with Crippen molar-refractivity contribution in [1.29, 1.82) is 0 Å². The fraction of sp³-hybridized carbons (Fsp3) is 0.174. The molecule has 1 atom stereocenters. The molecule has 4 nitrogen and oxygen atoms in total. The Morgan fingerprint density at radius 1 is 0.929 bits per heavy atom. The van der Waals surface area contributed by atoms with Crippen LogP contribution in [0, 0.1) is 0 Å². The van der Waals surface area contributed by atoms with E-state index in [2.05, 4.69) is 0 Å². The molecule has 142 valence electrons. The van der Waals surface area contributed by atoms with E-state index in [0.717, 1.165) is 16.7 Å². The molecule has 2 aromatic carbocycles. The van der Waals surface area contributed by atoms with Gasteiger partial charge >= 0.3 is 0 Å². The van der Waals surface area contributed by atoms with Crippen LogP contribution in [-0.4, -0.2) is 20.5 Å². The Morgan fingerprint density at radius 2 is 1.57 bits per heavy atom. The Bertz CT molecular complexity index is 1170. The number of anilines is 1. The summed E-state index contributed by atoms with van der Waals surface area (Å²) >= 11 is 0. The lowest BCUT2D eigenvalue weighted by Crippen LogP contribution is -2.41.